The lowest BCUT2D eigenvalue weighted by Crippen LogP contribution is -2.60. The van der Waals surface area contributed by atoms with Gasteiger partial charge in [-0.3, -0.25) is 14.4 Å². The Hall–Kier alpha value is -2.77. The third-order valence-electron chi connectivity index (χ3n) is 7.57. The second-order valence-electron chi connectivity index (χ2n) is 10.5. The molecule has 1 aliphatic heterocycles. The molecule has 8 nitrogen and oxygen atoms in total. The summed E-state index contributed by atoms with van der Waals surface area (Å²) in [7, 11) is 3.21. The lowest BCUT2D eigenvalue weighted by atomic mass is 9.75. The summed E-state index contributed by atoms with van der Waals surface area (Å²) in [5.41, 5.74) is 6.10. The van der Waals surface area contributed by atoms with E-state index >= 15 is 0 Å². The van der Waals surface area contributed by atoms with Crippen LogP contribution in [0, 0.1) is 12.8 Å². The number of nitrogens with zero attached hydrogens (tertiary/aromatic N) is 1. The van der Waals surface area contributed by atoms with Gasteiger partial charge < -0.3 is 25.4 Å². The lowest BCUT2D eigenvalue weighted by Gasteiger charge is -2.40. The van der Waals surface area contributed by atoms with Crippen molar-refractivity contribution in [2.24, 2.45) is 11.7 Å². The van der Waals surface area contributed by atoms with E-state index < -0.39 is 17.5 Å². The maximum Gasteiger partial charge on any atom is 0.243 e. The molecule has 0 bridgehead atoms. The van der Waals surface area contributed by atoms with E-state index in [1.165, 1.54) is 6.42 Å². The van der Waals surface area contributed by atoms with E-state index in [-0.39, 0.29) is 23.7 Å². The van der Waals surface area contributed by atoms with E-state index in [2.05, 4.69) is 5.32 Å². The molecule has 35 heavy (non-hydrogen) atoms. The van der Waals surface area contributed by atoms with Crippen molar-refractivity contribution in [2.45, 2.75) is 89.6 Å². The first-order chi connectivity index (χ1) is 16.6. The Labute approximate surface area is 208 Å². The van der Waals surface area contributed by atoms with Gasteiger partial charge in [0.1, 0.15) is 11.6 Å². The van der Waals surface area contributed by atoms with Gasteiger partial charge in [-0.2, -0.15) is 0 Å². The predicted molar refractivity (Wildman–Crippen MR) is 134 cm³/mol. The zero-order valence-electron chi connectivity index (χ0n) is 21.8. The van der Waals surface area contributed by atoms with Gasteiger partial charge in [-0.15, -0.1) is 0 Å². The van der Waals surface area contributed by atoms with Crippen LogP contribution >= 0.6 is 0 Å². The fourth-order valence-corrected chi connectivity index (χ4v) is 5.54. The van der Waals surface area contributed by atoms with Gasteiger partial charge in [-0.25, -0.2) is 0 Å². The van der Waals surface area contributed by atoms with Gasteiger partial charge in [0, 0.05) is 6.54 Å². The first kappa shape index (κ1) is 26.8. The lowest BCUT2D eigenvalue weighted by molar-refractivity contribution is -0.146. The summed E-state index contributed by atoms with van der Waals surface area (Å²) in [5.74, 6) is 0.128. The number of ether oxygens (including phenoxy) is 2. The first-order valence-electron chi connectivity index (χ1n) is 12.8. The van der Waals surface area contributed by atoms with E-state index in [0.29, 0.717) is 24.5 Å². The molecule has 2 fully saturated rings. The SMILES string of the molecule is COc1cc([C@@H](C(=O)N2CCCC[C@H]2C(=O)NC(C)(C)C(N)=O)C2CCCCC2)cc(C)c1OC. The number of aryl methyl sites for hydroxylation is 1. The number of carbonyl (C=O) groups is 3. The summed E-state index contributed by atoms with van der Waals surface area (Å²) in [5, 5.41) is 2.77. The average molecular weight is 488 g/mol. The molecule has 1 aromatic carbocycles. The van der Waals surface area contributed by atoms with E-state index in [0.717, 1.165) is 49.7 Å². The molecule has 3 N–H and O–H groups in total. The zero-order chi connectivity index (χ0) is 25.8. The molecular formula is C27H41N3O5. The number of carbonyl (C=O) groups excluding carboxylic acids is 3. The van der Waals surface area contributed by atoms with Crippen LogP contribution < -0.4 is 20.5 Å². The molecule has 3 rings (SSSR count). The average Bonchev–Trinajstić information content (AvgIpc) is 2.84. The molecule has 0 radical (unpaired) electrons. The molecule has 1 aliphatic carbocycles. The number of amides is 3. The summed E-state index contributed by atoms with van der Waals surface area (Å²) in [6.07, 6.45) is 7.58. The zero-order valence-corrected chi connectivity index (χ0v) is 21.8. The summed E-state index contributed by atoms with van der Waals surface area (Å²) < 4.78 is 11.1. The van der Waals surface area contributed by atoms with E-state index in [1.54, 1.807) is 33.0 Å². The topological polar surface area (TPSA) is 111 Å². The number of likely N-dealkylation sites (tertiary alicyclic amines) is 1. The van der Waals surface area contributed by atoms with Crippen molar-refractivity contribution < 1.29 is 23.9 Å². The first-order valence-corrected chi connectivity index (χ1v) is 12.8. The van der Waals surface area contributed by atoms with Crippen molar-refractivity contribution in [2.75, 3.05) is 20.8 Å². The van der Waals surface area contributed by atoms with Crippen LogP contribution in [0.4, 0.5) is 0 Å². The highest BCUT2D eigenvalue weighted by atomic mass is 16.5. The Morgan fingerprint density at radius 3 is 2.29 bits per heavy atom. The number of nitrogens with two attached hydrogens (primary N) is 1. The molecule has 1 heterocycles. The van der Waals surface area contributed by atoms with Crippen LogP contribution in [-0.2, 0) is 14.4 Å². The number of benzene rings is 1. The Bertz CT molecular complexity index is 939. The van der Waals surface area contributed by atoms with Gasteiger partial charge >= 0.3 is 0 Å². The number of nitrogens with one attached hydrogen (secondary N) is 1. The van der Waals surface area contributed by atoms with Crippen LogP contribution in [0.25, 0.3) is 0 Å². The Kier molecular flexibility index (Phi) is 8.67. The van der Waals surface area contributed by atoms with Crippen LogP contribution in [0.2, 0.25) is 0 Å². The number of rotatable bonds is 8. The van der Waals surface area contributed by atoms with Crippen molar-refractivity contribution >= 4 is 17.7 Å². The summed E-state index contributed by atoms with van der Waals surface area (Å²) in [6.45, 7) is 5.64. The van der Waals surface area contributed by atoms with Gasteiger partial charge in [-0.1, -0.05) is 25.3 Å². The molecule has 8 heteroatoms. The third kappa shape index (κ3) is 5.90. The number of hydrogen-bond acceptors (Lipinski definition) is 5. The molecule has 1 aromatic rings. The summed E-state index contributed by atoms with van der Waals surface area (Å²) >= 11 is 0. The number of hydrogen-bond donors (Lipinski definition) is 2. The molecule has 2 aliphatic rings. The Morgan fingerprint density at radius 1 is 1.03 bits per heavy atom. The minimum atomic E-state index is -1.19. The standard InChI is InChI=1S/C27H41N3O5/c1-17-15-19(16-21(34-4)23(17)35-5)22(18-11-7-6-8-12-18)25(32)30-14-10-9-13-20(30)24(31)29-27(2,3)26(28)33/h15-16,18,20,22H,6-14H2,1-5H3,(H2,28,33)(H,29,31)/t20-,22-/m0/s1. The molecule has 194 valence electrons. The van der Waals surface area contributed by atoms with E-state index in [1.807, 2.05) is 19.1 Å². The highest BCUT2D eigenvalue weighted by Gasteiger charge is 2.41. The predicted octanol–water partition coefficient (Wildman–Crippen LogP) is 3.44. The monoisotopic (exact) mass is 487 g/mol. The number of methoxy groups -OCH3 is 2. The normalized spacial score (nSPS) is 20.1. The van der Waals surface area contributed by atoms with Crippen LogP contribution in [0.3, 0.4) is 0 Å². The van der Waals surface area contributed by atoms with Crippen LogP contribution in [0.1, 0.15) is 82.3 Å². The number of piperidine rings is 1. The second kappa shape index (κ2) is 11.3. The van der Waals surface area contributed by atoms with Crippen LogP contribution in [0.15, 0.2) is 12.1 Å². The molecule has 2 atom stereocenters. The molecule has 0 aromatic heterocycles. The van der Waals surface area contributed by atoms with E-state index in [4.69, 9.17) is 15.2 Å². The van der Waals surface area contributed by atoms with Crippen molar-refractivity contribution in [3.05, 3.63) is 23.3 Å². The second-order valence-corrected chi connectivity index (χ2v) is 10.5. The minimum absolute atomic E-state index is 0.0275. The van der Waals surface area contributed by atoms with Crippen molar-refractivity contribution in [3.63, 3.8) is 0 Å². The summed E-state index contributed by atoms with van der Waals surface area (Å²) in [4.78, 5) is 41.1. The third-order valence-corrected chi connectivity index (χ3v) is 7.57. The Balaban J connectivity index is 1.98. The van der Waals surface area contributed by atoms with Crippen molar-refractivity contribution in [1.82, 2.24) is 10.2 Å². The van der Waals surface area contributed by atoms with Crippen LogP contribution in [-0.4, -0.2) is 55.0 Å². The van der Waals surface area contributed by atoms with Gasteiger partial charge in [-0.05, 0) is 76.0 Å². The van der Waals surface area contributed by atoms with Crippen molar-refractivity contribution in [1.29, 1.82) is 0 Å². The minimum Gasteiger partial charge on any atom is -0.493 e. The van der Waals surface area contributed by atoms with Gasteiger partial charge in [0.25, 0.3) is 0 Å². The van der Waals surface area contributed by atoms with Gasteiger partial charge in [0.2, 0.25) is 17.7 Å². The fraction of sp³-hybridized carbons (Fsp3) is 0.667. The molecule has 0 spiro atoms. The highest BCUT2D eigenvalue weighted by Crippen LogP contribution is 2.42. The molecule has 0 unspecified atom stereocenters. The molecular weight excluding hydrogens is 446 g/mol. The molecule has 1 saturated heterocycles. The Morgan fingerprint density at radius 2 is 1.69 bits per heavy atom. The highest BCUT2D eigenvalue weighted by molar-refractivity contribution is 5.94. The largest absolute Gasteiger partial charge is 0.493 e. The maximum atomic E-state index is 14.3. The van der Waals surface area contributed by atoms with Gasteiger partial charge in [0.05, 0.1) is 20.1 Å². The maximum absolute atomic E-state index is 14.3. The van der Waals surface area contributed by atoms with Crippen molar-refractivity contribution in [3.8, 4) is 11.5 Å². The smallest absolute Gasteiger partial charge is 0.243 e. The van der Waals surface area contributed by atoms with E-state index in [9.17, 15) is 14.4 Å². The fourth-order valence-electron chi connectivity index (χ4n) is 5.54. The van der Waals surface area contributed by atoms with Crippen LogP contribution in [0.5, 0.6) is 11.5 Å². The molecule has 3 amide bonds. The molecule has 1 saturated carbocycles. The quantitative estimate of drug-likeness (QED) is 0.584. The van der Waals surface area contributed by atoms with Gasteiger partial charge in [0.15, 0.2) is 11.5 Å². The number of primary amides is 1. The summed E-state index contributed by atoms with van der Waals surface area (Å²) in [6, 6.07) is 3.31.